The van der Waals surface area contributed by atoms with E-state index in [1.54, 1.807) is 25.2 Å². The molecule has 0 radical (unpaired) electrons. The third-order valence-electron chi connectivity index (χ3n) is 3.11. The summed E-state index contributed by atoms with van der Waals surface area (Å²) in [5.41, 5.74) is 1.21. The molecular weight excluding hydrogens is 290 g/mol. The SMILES string of the molecule is Cc1nn(CC(=O)OC(C)C)c(=O)c2cc3sccc3n12. The van der Waals surface area contributed by atoms with Crippen molar-refractivity contribution in [1.29, 1.82) is 0 Å². The standard InChI is InChI=1S/C14H15N3O3S/c1-8(2)20-13(18)7-16-14(19)11-6-12-10(4-5-21-12)17(11)9(3)15-16/h4-6,8H,7H2,1-3H3. The average molecular weight is 305 g/mol. The maximum Gasteiger partial charge on any atom is 0.328 e. The van der Waals surface area contributed by atoms with Gasteiger partial charge in [0.1, 0.15) is 17.9 Å². The zero-order valence-corrected chi connectivity index (χ0v) is 12.8. The van der Waals surface area contributed by atoms with Crippen LogP contribution in [-0.2, 0) is 16.1 Å². The monoisotopic (exact) mass is 305 g/mol. The number of aryl methyl sites for hydroxylation is 1. The van der Waals surface area contributed by atoms with Gasteiger partial charge in [0.25, 0.3) is 5.56 Å². The van der Waals surface area contributed by atoms with E-state index in [0.29, 0.717) is 11.3 Å². The van der Waals surface area contributed by atoms with Crippen LogP contribution >= 0.6 is 11.3 Å². The molecule has 0 N–H and O–H groups in total. The van der Waals surface area contributed by atoms with Gasteiger partial charge in [-0.3, -0.25) is 14.0 Å². The molecule has 6 nitrogen and oxygen atoms in total. The molecule has 3 aromatic rings. The highest BCUT2D eigenvalue weighted by Gasteiger charge is 2.15. The predicted molar refractivity (Wildman–Crippen MR) is 80.8 cm³/mol. The first-order valence-electron chi connectivity index (χ1n) is 6.63. The van der Waals surface area contributed by atoms with Gasteiger partial charge in [0.15, 0.2) is 0 Å². The molecule has 0 bridgehead atoms. The molecule has 3 aromatic heterocycles. The van der Waals surface area contributed by atoms with Gasteiger partial charge in [0.2, 0.25) is 0 Å². The van der Waals surface area contributed by atoms with Gasteiger partial charge in [-0.2, -0.15) is 5.10 Å². The van der Waals surface area contributed by atoms with E-state index in [1.165, 1.54) is 4.68 Å². The molecule has 0 amide bonds. The van der Waals surface area contributed by atoms with Crippen LogP contribution in [0.1, 0.15) is 19.7 Å². The van der Waals surface area contributed by atoms with Crippen LogP contribution in [-0.4, -0.2) is 26.3 Å². The van der Waals surface area contributed by atoms with E-state index >= 15 is 0 Å². The number of carbonyl (C=O) groups excluding carboxylic acids is 1. The molecule has 0 atom stereocenters. The number of aromatic nitrogens is 3. The molecule has 0 spiro atoms. The van der Waals surface area contributed by atoms with Crippen molar-refractivity contribution in [3.8, 4) is 0 Å². The topological polar surface area (TPSA) is 65.6 Å². The number of esters is 1. The first kappa shape index (κ1) is 13.8. The molecule has 0 unspecified atom stereocenters. The summed E-state index contributed by atoms with van der Waals surface area (Å²) in [7, 11) is 0. The van der Waals surface area contributed by atoms with Crippen LogP contribution in [0.25, 0.3) is 15.7 Å². The number of nitrogens with zero attached hydrogens (tertiary/aromatic N) is 3. The Morgan fingerprint density at radius 1 is 1.43 bits per heavy atom. The normalized spacial score (nSPS) is 11.6. The molecular formula is C14H15N3O3S. The van der Waals surface area contributed by atoms with Crippen molar-refractivity contribution in [3.63, 3.8) is 0 Å². The fourth-order valence-electron chi connectivity index (χ4n) is 2.36. The van der Waals surface area contributed by atoms with Crippen LogP contribution < -0.4 is 5.56 Å². The van der Waals surface area contributed by atoms with Gasteiger partial charge in [0, 0.05) is 0 Å². The summed E-state index contributed by atoms with van der Waals surface area (Å²) < 4.78 is 9.07. The summed E-state index contributed by atoms with van der Waals surface area (Å²) in [5, 5.41) is 6.20. The lowest BCUT2D eigenvalue weighted by Gasteiger charge is -2.10. The summed E-state index contributed by atoms with van der Waals surface area (Å²) >= 11 is 1.57. The van der Waals surface area contributed by atoms with Crippen molar-refractivity contribution in [3.05, 3.63) is 33.7 Å². The highest BCUT2D eigenvalue weighted by molar-refractivity contribution is 7.17. The second kappa shape index (κ2) is 5.00. The highest BCUT2D eigenvalue weighted by Crippen LogP contribution is 2.24. The van der Waals surface area contributed by atoms with Crippen molar-refractivity contribution in [2.24, 2.45) is 0 Å². The molecule has 0 aromatic carbocycles. The maximum absolute atomic E-state index is 12.4. The van der Waals surface area contributed by atoms with E-state index < -0.39 is 5.97 Å². The molecule has 0 aliphatic rings. The molecule has 110 valence electrons. The molecule has 7 heteroatoms. The highest BCUT2D eigenvalue weighted by atomic mass is 32.1. The van der Waals surface area contributed by atoms with E-state index in [1.807, 2.05) is 28.8 Å². The zero-order chi connectivity index (χ0) is 15.1. The molecule has 0 aliphatic carbocycles. The van der Waals surface area contributed by atoms with Gasteiger partial charge in [0.05, 0.1) is 16.3 Å². The van der Waals surface area contributed by atoms with E-state index in [-0.39, 0.29) is 18.2 Å². The summed E-state index contributed by atoms with van der Waals surface area (Å²) in [5.74, 6) is 0.201. The Morgan fingerprint density at radius 2 is 2.19 bits per heavy atom. The number of hydrogen-bond donors (Lipinski definition) is 0. The van der Waals surface area contributed by atoms with Crippen LogP contribution in [0.2, 0.25) is 0 Å². The molecule has 0 saturated heterocycles. The lowest BCUT2D eigenvalue weighted by Crippen LogP contribution is -2.30. The van der Waals surface area contributed by atoms with Crippen LogP contribution in [0.3, 0.4) is 0 Å². The minimum atomic E-state index is -0.461. The fourth-order valence-corrected chi connectivity index (χ4v) is 3.16. The zero-order valence-electron chi connectivity index (χ0n) is 12.0. The molecule has 0 saturated carbocycles. The van der Waals surface area contributed by atoms with Crippen molar-refractivity contribution in [2.75, 3.05) is 0 Å². The third kappa shape index (κ3) is 2.33. The predicted octanol–water partition coefficient (Wildman–Crippen LogP) is 1.97. The van der Waals surface area contributed by atoms with Crippen molar-refractivity contribution in [2.45, 2.75) is 33.4 Å². The average Bonchev–Trinajstić information content (AvgIpc) is 2.94. The van der Waals surface area contributed by atoms with Gasteiger partial charge in [-0.25, -0.2) is 4.68 Å². The smallest absolute Gasteiger partial charge is 0.328 e. The van der Waals surface area contributed by atoms with Crippen LogP contribution in [0.15, 0.2) is 22.3 Å². The Balaban J connectivity index is 2.11. The number of rotatable bonds is 3. The molecule has 0 aliphatic heterocycles. The van der Waals surface area contributed by atoms with Crippen LogP contribution in [0, 0.1) is 6.92 Å². The fraction of sp³-hybridized carbons (Fsp3) is 0.357. The Kier molecular flexibility index (Phi) is 3.29. The Hall–Kier alpha value is -2.15. The van der Waals surface area contributed by atoms with E-state index in [2.05, 4.69) is 5.10 Å². The molecule has 21 heavy (non-hydrogen) atoms. The summed E-state index contributed by atoms with van der Waals surface area (Å²) in [6.45, 7) is 5.18. The number of ether oxygens (including phenoxy) is 1. The van der Waals surface area contributed by atoms with Crippen molar-refractivity contribution < 1.29 is 9.53 Å². The third-order valence-corrected chi connectivity index (χ3v) is 3.96. The van der Waals surface area contributed by atoms with Gasteiger partial charge in [-0.05, 0) is 38.3 Å². The summed E-state index contributed by atoms with van der Waals surface area (Å²) in [6.07, 6.45) is -0.211. The van der Waals surface area contributed by atoms with E-state index in [4.69, 9.17) is 4.74 Å². The Morgan fingerprint density at radius 3 is 2.90 bits per heavy atom. The van der Waals surface area contributed by atoms with Crippen LogP contribution in [0.5, 0.6) is 0 Å². The number of carbonyl (C=O) groups is 1. The molecule has 3 rings (SSSR count). The minimum absolute atomic E-state index is 0.173. The second-order valence-corrected chi connectivity index (χ2v) is 6.03. The van der Waals surface area contributed by atoms with Gasteiger partial charge in [-0.15, -0.1) is 11.3 Å². The molecule has 0 fully saturated rings. The van der Waals surface area contributed by atoms with Crippen molar-refractivity contribution in [1.82, 2.24) is 14.2 Å². The van der Waals surface area contributed by atoms with E-state index in [9.17, 15) is 9.59 Å². The second-order valence-electron chi connectivity index (χ2n) is 5.08. The molecule has 3 heterocycles. The first-order valence-corrected chi connectivity index (χ1v) is 7.51. The Labute approximate surface area is 124 Å². The summed E-state index contributed by atoms with van der Waals surface area (Å²) in [6, 6.07) is 3.79. The largest absolute Gasteiger partial charge is 0.462 e. The van der Waals surface area contributed by atoms with Crippen LogP contribution in [0.4, 0.5) is 0 Å². The van der Waals surface area contributed by atoms with Crippen molar-refractivity contribution >= 4 is 33.0 Å². The minimum Gasteiger partial charge on any atom is -0.462 e. The number of fused-ring (bicyclic) bond motifs is 3. The van der Waals surface area contributed by atoms with Gasteiger partial charge in [-0.1, -0.05) is 0 Å². The quantitative estimate of drug-likeness (QED) is 0.694. The Bertz CT molecular complexity index is 888. The summed E-state index contributed by atoms with van der Waals surface area (Å²) in [4.78, 5) is 24.2. The number of thiophene rings is 1. The maximum atomic E-state index is 12.4. The van der Waals surface area contributed by atoms with Gasteiger partial charge < -0.3 is 4.74 Å². The van der Waals surface area contributed by atoms with E-state index in [0.717, 1.165) is 10.2 Å². The lowest BCUT2D eigenvalue weighted by molar-refractivity contribution is -0.148. The van der Waals surface area contributed by atoms with Gasteiger partial charge >= 0.3 is 5.97 Å². The lowest BCUT2D eigenvalue weighted by atomic mass is 10.4. The first-order chi connectivity index (χ1) is 9.97. The number of hydrogen-bond acceptors (Lipinski definition) is 5.